The molecule has 7 heteroatoms. The molecule has 2 aromatic carbocycles. The molecule has 0 spiro atoms. The van der Waals surface area contributed by atoms with Gasteiger partial charge in [-0.15, -0.1) is 11.3 Å². The fourth-order valence-electron chi connectivity index (χ4n) is 3.69. The first-order valence-corrected chi connectivity index (χ1v) is 11.7. The van der Waals surface area contributed by atoms with E-state index in [0.29, 0.717) is 23.8 Å². The van der Waals surface area contributed by atoms with E-state index in [-0.39, 0.29) is 0 Å². The summed E-state index contributed by atoms with van der Waals surface area (Å²) in [7, 11) is 0. The predicted octanol–water partition coefficient (Wildman–Crippen LogP) is 6.49. The molecule has 0 aliphatic heterocycles. The zero-order chi connectivity index (χ0) is 22.9. The van der Waals surface area contributed by atoms with Gasteiger partial charge in [0.15, 0.2) is 0 Å². The lowest BCUT2D eigenvalue weighted by atomic mass is 9.84. The maximum absolute atomic E-state index is 11.7. The number of benzene rings is 2. The number of aryl methyl sites for hydroxylation is 1. The molecular formula is C25H25ClN2O3S. The third-order valence-electron chi connectivity index (χ3n) is 5.67. The van der Waals surface area contributed by atoms with Gasteiger partial charge in [-0.25, -0.2) is 4.98 Å². The average Bonchev–Trinajstić information content (AvgIpc) is 3.38. The van der Waals surface area contributed by atoms with Crippen LogP contribution in [0.4, 0.5) is 0 Å². The largest absolute Gasteiger partial charge is 0.493 e. The minimum Gasteiger partial charge on any atom is -0.493 e. The highest BCUT2D eigenvalue weighted by Crippen LogP contribution is 2.34. The first-order valence-electron chi connectivity index (χ1n) is 10.5. The molecular weight excluding hydrogens is 444 g/mol. The van der Waals surface area contributed by atoms with Crippen molar-refractivity contribution in [2.24, 2.45) is 0 Å². The van der Waals surface area contributed by atoms with Crippen LogP contribution >= 0.6 is 22.9 Å². The number of rotatable bonds is 8. The van der Waals surface area contributed by atoms with Crippen molar-refractivity contribution < 1.29 is 14.6 Å². The number of carbonyl (C=O) groups is 1. The maximum atomic E-state index is 11.7. The lowest BCUT2D eigenvalue weighted by molar-refractivity contribution is -0.142. The first kappa shape index (κ1) is 22.4. The van der Waals surface area contributed by atoms with E-state index in [2.05, 4.69) is 11.9 Å². The summed E-state index contributed by atoms with van der Waals surface area (Å²) in [4.78, 5) is 20.9. The lowest BCUT2D eigenvalue weighted by Gasteiger charge is -2.18. The number of carboxylic acid groups (broad SMARTS) is 1. The van der Waals surface area contributed by atoms with E-state index < -0.39 is 11.4 Å². The number of aliphatic carboxylic acids is 1. The summed E-state index contributed by atoms with van der Waals surface area (Å²) >= 11 is 8.03. The molecule has 0 atom stereocenters. The highest BCUT2D eigenvalue weighted by Gasteiger charge is 2.32. The predicted molar refractivity (Wildman–Crippen MR) is 130 cm³/mol. The van der Waals surface area contributed by atoms with Gasteiger partial charge in [-0.3, -0.25) is 4.79 Å². The smallest absolute Gasteiger partial charge is 0.313 e. The number of nitrogens with zero attached hydrogens (tertiary/aromatic N) is 1. The highest BCUT2D eigenvalue weighted by atomic mass is 35.5. The van der Waals surface area contributed by atoms with Crippen LogP contribution in [-0.4, -0.2) is 27.7 Å². The number of hydrogen-bond acceptors (Lipinski definition) is 4. The SMILES string of the molecule is CCc1sc(-c2ccccc2Cl)nc1CCOc1ccc2[nH]cc(C(C)(C)C(=O)O)c2c1. The monoisotopic (exact) mass is 468 g/mol. The summed E-state index contributed by atoms with van der Waals surface area (Å²) in [6.07, 6.45) is 3.35. The van der Waals surface area contributed by atoms with E-state index in [0.717, 1.165) is 39.2 Å². The number of thiazole rings is 1. The Hall–Kier alpha value is -2.83. The molecule has 166 valence electrons. The van der Waals surface area contributed by atoms with Crippen molar-refractivity contribution in [1.29, 1.82) is 0 Å². The van der Waals surface area contributed by atoms with Crippen molar-refractivity contribution in [2.75, 3.05) is 6.61 Å². The van der Waals surface area contributed by atoms with E-state index in [1.165, 1.54) is 4.88 Å². The molecule has 2 heterocycles. The van der Waals surface area contributed by atoms with Crippen LogP contribution in [0.2, 0.25) is 5.02 Å². The van der Waals surface area contributed by atoms with Crippen LogP contribution in [0.3, 0.4) is 0 Å². The maximum Gasteiger partial charge on any atom is 0.313 e. The number of carboxylic acids is 1. The molecule has 0 amide bonds. The average molecular weight is 469 g/mol. The van der Waals surface area contributed by atoms with E-state index in [4.69, 9.17) is 21.3 Å². The number of hydrogen-bond donors (Lipinski definition) is 2. The number of nitrogens with one attached hydrogen (secondary N) is 1. The molecule has 4 rings (SSSR count). The van der Waals surface area contributed by atoms with Crippen molar-refractivity contribution in [3.63, 3.8) is 0 Å². The Morgan fingerprint density at radius 3 is 2.75 bits per heavy atom. The Labute approximate surface area is 196 Å². The number of ether oxygens (including phenoxy) is 1. The van der Waals surface area contributed by atoms with Gasteiger partial charge in [-0.2, -0.15) is 0 Å². The van der Waals surface area contributed by atoms with Gasteiger partial charge in [0.2, 0.25) is 0 Å². The van der Waals surface area contributed by atoms with Crippen LogP contribution in [-0.2, 0) is 23.1 Å². The van der Waals surface area contributed by atoms with Crippen LogP contribution in [0.15, 0.2) is 48.7 Å². The summed E-state index contributed by atoms with van der Waals surface area (Å²) in [5.41, 5.74) is 2.61. The van der Waals surface area contributed by atoms with Crippen LogP contribution in [0.1, 0.15) is 36.9 Å². The molecule has 32 heavy (non-hydrogen) atoms. The topological polar surface area (TPSA) is 75.2 Å². The van der Waals surface area contributed by atoms with Gasteiger partial charge in [0, 0.05) is 34.0 Å². The second-order valence-corrected chi connectivity index (χ2v) is 9.65. The fraction of sp³-hybridized carbons (Fsp3) is 0.280. The summed E-state index contributed by atoms with van der Waals surface area (Å²) in [5.74, 6) is -0.159. The Morgan fingerprint density at radius 1 is 1.25 bits per heavy atom. The Bertz CT molecular complexity index is 1280. The van der Waals surface area contributed by atoms with E-state index in [9.17, 15) is 9.90 Å². The molecule has 0 saturated heterocycles. The van der Waals surface area contributed by atoms with Gasteiger partial charge in [-0.1, -0.05) is 36.7 Å². The molecule has 0 fully saturated rings. The van der Waals surface area contributed by atoms with Crippen LogP contribution in [0.25, 0.3) is 21.5 Å². The van der Waals surface area contributed by atoms with Crippen molar-refractivity contribution >= 4 is 39.8 Å². The van der Waals surface area contributed by atoms with Gasteiger partial charge >= 0.3 is 5.97 Å². The fourth-order valence-corrected chi connectivity index (χ4v) is 5.06. The van der Waals surface area contributed by atoms with E-state index in [1.54, 1.807) is 31.4 Å². The third-order valence-corrected chi connectivity index (χ3v) is 7.28. The minimum atomic E-state index is -0.997. The first-order chi connectivity index (χ1) is 15.3. The van der Waals surface area contributed by atoms with Crippen molar-refractivity contribution in [3.8, 4) is 16.3 Å². The molecule has 2 N–H and O–H groups in total. The lowest BCUT2D eigenvalue weighted by Crippen LogP contribution is -2.28. The molecule has 0 radical (unpaired) electrons. The number of H-pyrrole nitrogens is 1. The van der Waals surface area contributed by atoms with E-state index in [1.807, 2.05) is 42.5 Å². The number of aromatic nitrogens is 2. The molecule has 0 aliphatic carbocycles. The number of aromatic amines is 1. The quantitative estimate of drug-likeness (QED) is 0.310. The van der Waals surface area contributed by atoms with Crippen molar-refractivity contribution in [2.45, 2.75) is 39.0 Å². The van der Waals surface area contributed by atoms with Gasteiger partial charge in [0.05, 0.1) is 22.7 Å². The summed E-state index contributed by atoms with van der Waals surface area (Å²) in [6.45, 7) is 6.01. The second kappa shape index (κ2) is 8.96. The standard InChI is InChI=1S/C25H25ClN2O3S/c1-4-22-21(28-23(32-22)16-7-5-6-8-19(16)26)11-12-31-15-9-10-20-17(13-15)18(14-27-20)25(2,3)24(29)30/h5-10,13-14,27H,4,11-12H2,1-3H3,(H,29,30). The number of fused-ring (bicyclic) bond motifs is 1. The number of halogens is 1. The van der Waals surface area contributed by atoms with E-state index >= 15 is 0 Å². The van der Waals surface area contributed by atoms with Gasteiger partial charge in [0.1, 0.15) is 10.8 Å². The highest BCUT2D eigenvalue weighted by molar-refractivity contribution is 7.15. The molecule has 0 aliphatic rings. The zero-order valence-electron chi connectivity index (χ0n) is 18.2. The molecule has 0 saturated carbocycles. The van der Waals surface area contributed by atoms with Gasteiger partial charge in [-0.05, 0) is 50.1 Å². The summed E-state index contributed by atoms with van der Waals surface area (Å²) in [6, 6.07) is 13.5. The van der Waals surface area contributed by atoms with Crippen LogP contribution < -0.4 is 4.74 Å². The van der Waals surface area contributed by atoms with Gasteiger partial charge in [0.25, 0.3) is 0 Å². The zero-order valence-corrected chi connectivity index (χ0v) is 19.8. The Kier molecular flexibility index (Phi) is 6.26. The van der Waals surface area contributed by atoms with Crippen LogP contribution in [0, 0.1) is 0 Å². The van der Waals surface area contributed by atoms with Crippen LogP contribution in [0.5, 0.6) is 5.75 Å². The third kappa shape index (κ3) is 4.25. The van der Waals surface area contributed by atoms with Gasteiger partial charge < -0.3 is 14.8 Å². The minimum absolute atomic E-state index is 0.478. The van der Waals surface area contributed by atoms with Crippen molar-refractivity contribution in [3.05, 3.63) is 69.8 Å². The molecule has 4 aromatic rings. The summed E-state index contributed by atoms with van der Waals surface area (Å²) in [5, 5.41) is 12.1. The Morgan fingerprint density at radius 2 is 2.03 bits per heavy atom. The second-order valence-electron chi connectivity index (χ2n) is 8.16. The van der Waals surface area contributed by atoms with Crippen molar-refractivity contribution in [1.82, 2.24) is 9.97 Å². The normalized spacial score (nSPS) is 11.8. The summed E-state index contributed by atoms with van der Waals surface area (Å²) < 4.78 is 6.03. The molecule has 5 nitrogen and oxygen atoms in total. The Balaban J connectivity index is 1.51. The molecule has 0 bridgehead atoms. The molecule has 2 aromatic heterocycles. The molecule has 0 unspecified atom stereocenters.